The second kappa shape index (κ2) is 8.78. The van der Waals surface area contributed by atoms with Crippen molar-refractivity contribution in [1.82, 2.24) is 4.31 Å². The van der Waals surface area contributed by atoms with Gasteiger partial charge in [0.2, 0.25) is 15.9 Å². The highest BCUT2D eigenvalue weighted by Gasteiger charge is 2.21. The Hall–Kier alpha value is -1.02. The zero-order valence-electron chi connectivity index (χ0n) is 13.5. The second-order valence-electron chi connectivity index (χ2n) is 5.49. The predicted molar refractivity (Wildman–Crippen MR) is 107 cm³/mol. The van der Waals surface area contributed by atoms with Crippen molar-refractivity contribution in [2.45, 2.75) is 6.54 Å². The van der Waals surface area contributed by atoms with Crippen molar-refractivity contribution in [1.29, 1.82) is 0 Å². The first-order valence-electron chi connectivity index (χ1n) is 7.19. The minimum Gasteiger partial charge on any atom is -0.325 e. The molecule has 0 saturated carbocycles. The van der Waals surface area contributed by atoms with Crippen LogP contribution in [0.25, 0.3) is 0 Å². The Morgan fingerprint density at radius 2 is 1.62 bits per heavy atom. The number of carbonyl (C=O) groups excluding carboxylic acids is 1. The van der Waals surface area contributed by atoms with Crippen LogP contribution in [0.1, 0.15) is 5.56 Å². The first-order chi connectivity index (χ1) is 12.0. The molecule has 2 rings (SSSR count). The average Bonchev–Trinajstić information content (AvgIpc) is 2.48. The summed E-state index contributed by atoms with van der Waals surface area (Å²) in [5.41, 5.74) is 0.971. The van der Waals surface area contributed by atoms with Crippen LogP contribution in [0, 0.1) is 0 Å². The van der Waals surface area contributed by atoms with E-state index in [2.05, 4.69) is 5.32 Å². The number of hydrogen-bond donors (Lipinski definition) is 1. The van der Waals surface area contributed by atoms with Crippen LogP contribution < -0.4 is 5.32 Å². The van der Waals surface area contributed by atoms with Gasteiger partial charge in [0, 0.05) is 22.3 Å². The summed E-state index contributed by atoms with van der Waals surface area (Å²) in [6.45, 7) is -0.414. The van der Waals surface area contributed by atoms with Gasteiger partial charge in [-0.05, 0) is 35.9 Å². The SMILES string of the molecule is CS(=O)(=O)N(CC(=O)Nc1cc(Cl)cc(Cl)c1)Cc1ccc(Cl)c(Cl)c1. The third kappa shape index (κ3) is 6.30. The van der Waals surface area contributed by atoms with E-state index in [4.69, 9.17) is 46.4 Å². The predicted octanol–water partition coefficient (Wildman–Crippen LogP) is 4.70. The van der Waals surface area contributed by atoms with Crippen LogP contribution in [0.15, 0.2) is 36.4 Å². The highest BCUT2D eigenvalue weighted by molar-refractivity contribution is 7.88. The van der Waals surface area contributed by atoms with Gasteiger partial charge in [0.25, 0.3) is 0 Å². The standard InChI is InChI=1S/C16H14Cl4N2O3S/c1-26(24,25)22(8-10-2-3-14(19)15(20)4-10)9-16(23)21-13-6-11(17)5-12(18)7-13/h2-7H,8-9H2,1H3,(H,21,23). The number of rotatable bonds is 6. The van der Waals surface area contributed by atoms with Crippen LogP contribution >= 0.6 is 46.4 Å². The van der Waals surface area contributed by atoms with Crippen molar-refractivity contribution in [2.75, 3.05) is 18.1 Å². The molecule has 0 aliphatic carbocycles. The van der Waals surface area contributed by atoms with E-state index in [-0.39, 0.29) is 13.1 Å². The summed E-state index contributed by atoms with van der Waals surface area (Å²) >= 11 is 23.6. The molecule has 0 spiro atoms. The van der Waals surface area contributed by atoms with Crippen LogP contribution in [-0.4, -0.2) is 31.4 Å². The molecule has 1 N–H and O–H groups in total. The Kier molecular flexibility index (Phi) is 7.19. The van der Waals surface area contributed by atoms with E-state index in [0.29, 0.717) is 31.3 Å². The number of amides is 1. The Labute approximate surface area is 171 Å². The lowest BCUT2D eigenvalue weighted by Gasteiger charge is -2.20. The summed E-state index contributed by atoms with van der Waals surface area (Å²) in [6.07, 6.45) is 1.02. The fourth-order valence-electron chi connectivity index (χ4n) is 2.12. The molecule has 1 amide bonds. The molecule has 0 aliphatic rings. The van der Waals surface area contributed by atoms with Gasteiger partial charge in [-0.2, -0.15) is 4.31 Å². The van der Waals surface area contributed by atoms with E-state index < -0.39 is 15.9 Å². The molecule has 10 heteroatoms. The van der Waals surface area contributed by atoms with Crippen molar-refractivity contribution in [3.63, 3.8) is 0 Å². The van der Waals surface area contributed by atoms with Crippen molar-refractivity contribution >= 4 is 68.0 Å². The first-order valence-corrected chi connectivity index (χ1v) is 10.6. The van der Waals surface area contributed by atoms with Crippen molar-refractivity contribution in [3.05, 3.63) is 62.1 Å². The van der Waals surface area contributed by atoms with Gasteiger partial charge in [0.05, 0.1) is 22.8 Å². The van der Waals surface area contributed by atoms with Crippen molar-refractivity contribution < 1.29 is 13.2 Å². The van der Waals surface area contributed by atoms with Gasteiger partial charge in [-0.15, -0.1) is 0 Å². The Morgan fingerprint density at radius 1 is 1.00 bits per heavy atom. The normalized spacial score (nSPS) is 11.6. The average molecular weight is 456 g/mol. The topological polar surface area (TPSA) is 66.5 Å². The number of halogens is 4. The van der Waals surface area contributed by atoms with Crippen LogP contribution in [0.2, 0.25) is 20.1 Å². The third-order valence-corrected chi connectivity index (χ3v) is 5.65. The molecule has 0 aromatic heterocycles. The maximum absolute atomic E-state index is 12.3. The van der Waals surface area contributed by atoms with E-state index in [9.17, 15) is 13.2 Å². The zero-order chi connectivity index (χ0) is 19.5. The molecular weight excluding hydrogens is 442 g/mol. The van der Waals surface area contributed by atoms with E-state index in [1.54, 1.807) is 18.2 Å². The number of benzene rings is 2. The first kappa shape index (κ1) is 21.3. The van der Waals surface area contributed by atoms with Gasteiger partial charge in [-0.1, -0.05) is 52.5 Å². The number of nitrogens with one attached hydrogen (secondary N) is 1. The Balaban J connectivity index is 2.14. The lowest BCUT2D eigenvalue weighted by molar-refractivity contribution is -0.116. The summed E-state index contributed by atoms with van der Waals surface area (Å²) in [5, 5.41) is 3.93. The molecule has 0 saturated heterocycles. The molecule has 0 fully saturated rings. The van der Waals surface area contributed by atoms with Gasteiger partial charge < -0.3 is 5.32 Å². The largest absolute Gasteiger partial charge is 0.325 e. The molecule has 2 aromatic carbocycles. The van der Waals surface area contributed by atoms with Gasteiger partial charge in [0.15, 0.2) is 0 Å². The summed E-state index contributed by atoms with van der Waals surface area (Å²) in [5.74, 6) is -0.534. The van der Waals surface area contributed by atoms with Crippen molar-refractivity contribution in [3.8, 4) is 0 Å². The van der Waals surface area contributed by atoms with Crippen LogP contribution in [0.4, 0.5) is 5.69 Å². The van der Waals surface area contributed by atoms with E-state index in [1.165, 1.54) is 18.2 Å². The van der Waals surface area contributed by atoms with E-state index >= 15 is 0 Å². The minimum atomic E-state index is -3.65. The van der Waals surface area contributed by atoms with Gasteiger partial charge in [0.1, 0.15) is 0 Å². The quantitative estimate of drug-likeness (QED) is 0.686. The lowest BCUT2D eigenvalue weighted by Crippen LogP contribution is -2.36. The summed E-state index contributed by atoms with van der Waals surface area (Å²) in [7, 11) is -3.65. The van der Waals surface area contributed by atoms with Crippen LogP contribution in [-0.2, 0) is 21.4 Å². The minimum absolute atomic E-state index is 0.0283. The Bertz CT molecular complexity index is 915. The molecule has 0 heterocycles. The highest BCUT2D eigenvalue weighted by atomic mass is 35.5. The number of anilines is 1. The second-order valence-corrected chi connectivity index (χ2v) is 9.16. The monoisotopic (exact) mass is 454 g/mol. The molecule has 140 valence electrons. The molecule has 0 unspecified atom stereocenters. The van der Waals surface area contributed by atoms with E-state index in [0.717, 1.165) is 10.6 Å². The molecule has 0 atom stereocenters. The zero-order valence-corrected chi connectivity index (χ0v) is 17.3. The fraction of sp³-hybridized carbons (Fsp3) is 0.188. The number of nitrogens with zero attached hydrogens (tertiary/aromatic N) is 1. The molecular formula is C16H14Cl4N2O3S. The maximum atomic E-state index is 12.3. The molecule has 5 nitrogen and oxygen atoms in total. The van der Waals surface area contributed by atoms with Crippen molar-refractivity contribution in [2.24, 2.45) is 0 Å². The fourth-order valence-corrected chi connectivity index (χ4v) is 3.70. The molecule has 0 radical (unpaired) electrons. The summed E-state index contributed by atoms with van der Waals surface area (Å²) in [4.78, 5) is 12.3. The van der Waals surface area contributed by atoms with E-state index in [1.807, 2.05) is 0 Å². The summed E-state index contributed by atoms with van der Waals surface area (Å²) in [6, 6.07) is 9.29. The Morgan fingerprint density at radius 3 is 2.15 bits per heavy atom. The third-order valence-electron chi connectivity index (χ3n) is 3.28. The van der Waals surface area contributed by atoms with Gasteiger partial charge in [-0.3, -0.25) is 4.79 Å². The smallest absolute Gasteiger partial charge is 0.239 e. The number of hydrogen-bond acceptors (Lipinski definition) is 3. The molecule has 0 aliphatic heterocycles. The van der Waals surface area contributed by atoms with Crippen LogP contribution in [0.5, 0.6) is 0 Å². The van der Waals surface area contributed by atoms with Crippen LogP contribution in [0.3, 0.4) is 0 Å². The number of carbonyl (C=O) groups is 1. The highest BCUT2D eigenvalue weighted by Crippen LogP contribution is 2.24. The van der Waals surface area contributed by atoms with Gasteiger partial charge in [-0.25, -0.2) is 8.42 Å². The lowest BCUT2D eigenvalue weighted by atomic mass is 10.2. The summed E-state index contributed by atoms with van der Waals surface area (Å²) < 4.78 is 25.1. The number of sulfonamides is 1. The molecule has 2 aromatic rings. The van der Waals surface area contributed by atoms with Gasteiger partial charge >= 0.3 is 0 Å². The molecule has 26 heavy (non-hydrogen) atoms. The molecule has 0 bridgehead atoms. The maximum Gasteiger partial charge on any atom is 0.239 e.